The number of hydrogen-bond donors (Lipinski definition) is 0. The van der Waals surface area contributed by atoms with Gasteiger partial charge in [-0.15, -0.1) is 0 Å². The monoisotopic (exact) mass is 488 g/mol. The minimum Gasteiger partial charge on any atom is -0.461 e. The number of esters is 1. The molecular formula is C27H25ClN4O3. The summed E-state index contributed by atoms with van der Waals surface area (Å²) < 4.78 is 8.90. The number of imidazole rings is 1. The van der Waals surface area contributed by atoms with Gasteiger partial charge in [0.1, 0.15) is 23.3 Å². The number of aldehydes is 1. The predicted molar refractivity (Wildman–Crippen MR) is 134 cm³/mol. The first-order chi connectivity index (χ1) is 17.0. The molecule has 4 rings (SSSR count). The van der Waals surface area contributed by atoms with Crippen molar-refractivity contribution in [1.29, 1.82) is 5.26 Å². The topological polar surface area (TPSA) is 89.9 Å². The van der Waals surface area contributed by atoms with E-state index in [-0.39, 0.29) is 11.8 Å². The Morgan fingerprint density at radius 1 is 1.20 bits per heavy atom. The number of nitriles is 1. The number of para-hydroxylation sites is 1. The van der Waals surface area contributed by atoms with E-state index in [1.165, 1.54) is 0 Å². The van der Waals surface area contributed by atoms with Gasteiger partial charge in [-0.2, -0.15) is 5.26 Å². The Labute approximate surface area is 208 Å². The number of hydrogen-bond acceptors (Lipinski definition) is 5. The first kappa shape index (κ1) is 24.2. The summed E-state index contributed by atoms with van der Waals surface area (Å²) in [5.41, 5.74) is 3.44. The number of nitrogens with zero attached hydrogens (tertiary/aromatic N) is 4. The Morgan fingerprint density at radius 3 is 2.71 bits per heavy atom. The highest BCUT2D eigenvalue weighted by molar-refractivity contribution is 6.31. The summed E-state index contributed by atoms with van der Waals surface area (Å²) in [4.78, 5) is 28.9. The lowest BCUT2D eigenvalue weighted by molar-refractivity contribution is 0.0517. The summed E-state index contributed by atoms with van der Waals surface area (Å²) in [6.45, 7) is 4.50. The maximum Gasteiger partial charge on any atom is 0.355 e. The van der Waals surface area contributed by atoms with E-state index >= 15 is 0 Å². The number of carbonyl (C=O) groups excluding carboxylic acids is 2. The van der Waals surface area contributed by atoms with Crippen LogP contribution in [-0.4, -0.2) is 33.0 Å². The third-order valence-corrected chi connectivity index (χ3v) is 6.14. The summed E-state index contributed by atoms with van der Waals surface area (Å²) in [5, 5.41) is 10.7. The quantitative estimate of drug-likeness (QED) is 0.221. The lowest BCUT2D eigenvalue weighted by Gasteiger charge is -2.13. The number of rotatable bonds is 9. The van der Waals surface area contributed by atoms with Crippen LogP contribution in [0.4, 0.5) is 0 Å². The van der Waals surface area contributed by atoms with Gasteiger partial charge in [0.25, 0.3) is 0 Å². The molecule has 0 aliphatic carbocycles. The molecule has 0 unspecified atom stereocenters. The number of aromatic nitrogens is 3. The molecular weight excluding hydrogens is 464 g/mol. The highest BCUT2D eigenvalue weighted by Gasteiger charge is 2.21. The SMILES string of the molecule is CCCCc1nc(Cl)c(C=O)n1Cc1ccc2c(c1)cc(C(=O)OCC)n2-c1ccccc1C#N. The number of carbonyl (C=O) groups is 2. The van der Waals surface area contributed by atoms with E-state index in [0.29, 0.717) is 29.2 Å². The number of benzene rings is 2. The second-order valence-corrected chi connectivity index (χ2v) is 8.48. The van der Waals surface area contributed by atoms with Gasteiger partial charge in [-0.25, -0.2) is 9.78 Å². The molecule has 0 spiro atoms. The second-order valence-electron chi connectivity index (χ2n) is 8.12. The first-order valence-corrected chi connectivity index (χ1v) is 11.9. The van der Waals surface area contributed by atoms with E-state index in [4.69, 9.17) is 16.3 Å². The molecule has 0 bridgehead atoms. The second kappa shape index (κ2) is 10.6. The number of unbranched alkanes of at least 4 members (excludes halogenated alkanes) is 1. The fourth-order valence-electron chi connectivity index (χ4n) is 4.22. The van der Waals surface area contributed by atoms with Crippen molar-refractivity contribution < 1.29 is 14.3 Å². The van der Waals surface area contributed by atoms with Gasteiger partial charge in [0.05, 0.1) is 23.4 Å². The highest BCUT2D eigenvalue weighted by Crippen LogP contribution is 2.29. The molecule has 4 aromatic rings. The van der Waals surface area contributed by atoms with E-state index in [2.05, 4.69) is 18.0 Å². The van der Waals surface area contributed by atoms with Gasteiger partial charge >= 0.3 is 5.97 Å². The molecule has 7 nitrogen and oxygen atoms in total. The van der Waals surface area contributed by atoms with Crippen molar-refractivity contribution in [3.8, 4) is 11.8 Å². The van der Waals surface area contributed by atoms with Gasteiger partial charge in [-0.3, -0.25) is 4.79 Å². The van der Waals surface area contributed by atoms with Crippen molar-refractivity contribution in [3.63, 3.8) is 0 Å². The van der Waals surface area contributed by atoms with Crippen molar-refractivity contribution in [2.75, 3.05) is 6.61 Å². The molecule has 2 heterocycles. The normalized spacial score (nSPS) is 10.9. The third kappa shape index (κ3) is 4.71. The molecule has 0 saturated heterocycles. The Hall–Kier alpha value is -3.89. The van der Waals surface area contributed by atoms with Crippen LogP contribution >= 0.6 is 11.6 Å². The molecule has 2 aromatic carbocycles. The van der Waals surface area contributed by atoms with Gasteiger partial charge in [-0.1, -0.05) is 43.1 Å². The molecule has 0 saturated carbocycles. The molecule has 0 fully saturated rings. The van der Waals surface area contributed by atoms with Gasteiger partial charge in [-0.05, 0) is 49.2 Å². The molecule has 0 N–H and O–H groups in total. The molecule has 35 heavy (non-hydrogen) atoms. The summed E-state index contributed by atoms with van der Waals surface area (Å²) in [6, 6.07) is 16.9. The van der Waals surface area contributed by atoms with Crippen LogP contribution in [0, 0.1) is 11.3 Å². The van der Waals surface area contributed by atoms with Crippen LogP contribution in [-0.2, 0) is 17.7 Å². The summed E-state index contributed by atoms with van der Waals surface area (Å²) >= 11 is 6.23. The van der Waals surface area contributed by atoms with Crippen LogP contribution in [0.5, 0.6) is 0 Å². The average molecular weight is 489 g/mol. The van der Waals surface area contributed by atoms with Crippen molar-refractivity contribution >= 4 is 34.8 Å². The van der Waals surface area contributed by atoms with Gasteiger partial charge in [0, 0.05) is 18.4 Å². The number of aryl methyl sites for hydroxylation is 1. The Bertz CT molecular complexity index is 1440. The Morgan fingerprint density at radius 2 is 2.00 bits per heavy atom. The molecule has 0 aliphatic rings. The van der Waals surface area contributed by atoms with E-state index in [1.54, 1.807) is 35.8 Å². The minimum atomic E-state index is -0.468. The largest absolute Gasteiger partial charge is 0.461 e. The zero-order valence-corrected chi connectivity index (χ0v) is 20.4. The van der Waals surface area contributed by atoms with E-state index in [0.717, 1.165) is 47.8 Å². The number of fused-ring (bicyclic) bond motifs is 1. The van der Waals surface area contributed by atoms with Crippen LogP contribution in [0.15, 0.2) is 48.5 Å². The molecule has 0 aliphatic heterocycles. The smallest absolute Gasteiger partial charge is 0.355 e. The standard InChI is InChI=1S/C27H25ClN4O3/c1-3-5-10-25-30-26(28)24(17-33)31(25)16-18-11-12-22-20(13-18)14-23(27(34)35-4-2)32(22)21-9-7-6-8-19(21)15-29/h6-9,11-14,17H,3-5,10,16H2,1-2H3. The zero-order valence-electron chi connectivity index (χ0n) is 19.6. The first-order valence-electron chi connectivity index (χ1n) is 11.5. The fraction of sp³-hybridized carbons (Fsp3) is 0.259. The van der Waals surface area contributed by atoms with Crippen LogP contribution in [0.1, 0.15) is 64.6 Å². The van der Waals surface area contributed by atoms with Crippen molar-refractivity contribution in [2.45, 2.75) is 39.7 Å². The van der Waals surface area contributed by atoms with Gasteiger partial charge < -0.3 is 13.9 Å². The van der Waals surface area contributed by atoms with Crippen LogP contribution in [0.25, 0.3) is 16.6 Å². The highest BCUT2D eigenvalue weighted by atomic mass is 35.5. The molecule has 0 amide bonds. The Kier molecular flexibility index (Phi) is 7.33. The maximum atomic E-state index is 12.8. The predicted octanol–water partition coefficient (Wildman–Crippen LogP) is 5.73. The van der Waals surface area contributed by atoms with Crippen molar-refractivity contribution in [3.05, 3.63) is 82.0 Å². The fourth-order valence-corrected chi connectivity index (χ4v) is 4.46. The van der Waals surface area contributed by atoms with Crippen molar-refractivity contribution in [1.82, 2.24) is 14.1 Å². The molecule has 0 atom stereocenters. The number of ether oxygens (including phenoxy) is 1. The summed E-state index contributed by atoms with van der Waals surface area (Å²) in [7, 11) is 0. The number of halogens is 1. The average Bonchev–Trinajstić information content (AvgIpc) is 3.39. The minimum absolute atomic E-state index is 0.205. The van der Waals surface area contributed by atoms with E-state index in [1.807, 2.05) is 28.8 Å². The maximum absolute atomic E-state index is 12.8. The third-order valence-electron chi connectivity index (χ3n) is 5.86. The lowest BCUT2D eigenvalue weighted by Crippen LogP contribution is -2.11. The molecule has 8 heteroatoms. The molecule has 0 radical (unpaired) electrons. The van der Waals surface area contributed by atoms with Crippen LogP contribution < -0.4 is 0 Å². The zero-order chi connectivity index (χ0) is 24.9. The van der Waals surface area contributed by atoms with E-state index in [9.17, 15) is 14.9 Å². The van der Waals surface area contributed by atoms with Gasteiger partial charge in [0.2, 0.25) is 0 Å². The van der Waals surface area contributed by atoms with Crippen LogP contribution in [0.2, 0.25) is 5.15 Å². The molecule has 178 valence electrons. The van der Waals surface area contributed by atoms with Crippen molar-refractivity contribution in [2.24, 2.45) is 0 Å². The molecule has 2 aromatic heterocycles. The van der Waals surface area contributed by atoms with E-state index < -0.39 is 5.97 Å². The summed E-state index contributed by atoms with van der Waals surface area (Å²) in [6.07, 6.45) is 3.40. The lowest BCUT2D eigenvalue weighted by atomic mass is 10.1. The van der Waals surface area contributed by atoms with Crippen LogP contribution in [0.3, 0.4) is 0 Å². The Balaban J connectivity index is 1.83. The van der Waals surface area contributed by atoms with Gasteiger partial charge in [0.15, 0.2) is 11.4 Å². The summed E-state index contributed by atoms with van der Waals surface area (Å²) in [5.74, 6) is 0.302.